The van der Waals surface area contributed by atoms with Crippen molar-refractivity contribution in [2.75, 3.05) is 0 Å². The highest BCUT2D eigenvalue weighted by atomic mass is 35.5. The number of hydrogen-bond acceptors (Lipinski definition) is 3. The third-order valence-corrected chi connectivity index (χ3v) is 4.47. The monoisotopic (exact) mass is 341 g/mol. The molecule has 0 radical (unpaired) electrons. The lowest BCUT2D eigenvalue weighted by Crippen LogP contribution is -2.35. The summed E-state index contributed by atoms with van der Waals surface area (Å²) in [7, 11) is 0. The van der Waals surface area contributed by atoms with E-state index in [1.807, 2.05) is 0 Å². The number of hydrogen-bond donors (Lipinski definition) is 2. The first kappa shape index (κ1) is 16.5. The molecule has 5 nitrogen and oxygen atoms in total. The first-order chi connectivity index (χ1) is 10.3. The van der Waals surface area contributed by atoms with Crippen LogP contribution in [0.2, 0.25) is 10.0 Å². The van der Waals surface area contributed by atoms with E-state index < -0.39 is 23.8 Å². The van der Waals surface area contributed by atoms with Gasteiger partial charge in [-0.3, -0.25) is 9.79 Å². The molecule has 1 aromatic rings. The van der Waals surface area contributed by atoms with E-state index in [0.717, 1.165) is 0 Å². The topological polar surface area (TPSA) is 87.0 Å². The molecule has 7 heteroatoms. The van der Waals surface area contributed by atoms with Gasteiger partial charge in [-0.1, -0.05) is 35.3 Å². The van der Waals surface area contributed by atoms with E-state index in [9.17, 15) is 19.8 Å². The quantitative estimate of drug-likeness (QED) is 0.878. The number of benzene rings is 1. The summed E-state index contributed by atoms with van der Waals surface area (Å²) in [6, 6.07) is 4.76. The molecule has 1 aliphatic heterocycles. The van der Waals surface area contributed by atoms with Gasteiger partial charge in [-0.15, -0.1) is 0 Å². The smallest absolute Gasteiger partial charge is 0.334 e. The van der Waals surface area contributed by atoms with Gasteiger partial charge in [0.25, 0.3) is 0 Å². The summed E-state index contributed by atoms with van der Waals surface area (Å²) < 4.78 is 0. The molecule has 116 valence electrons. The molecule has 2 rings (SSSR count). The highest BCUT2D eigenvalue weighted by molar-refractivity contribution is 6.42. The number of carbonyl (C=O) groups is 2. The summed E-state index contributed by atoms with van der Waals surface area (Å²) in [4.78, 5) is 27.3. The number of carboxylic acids is 2. The van der Waals surface area contributed by atoms with Crippen molar-refractivity contribution < 1.29 is 19.8 Å². The number of halogens is 2. The average Bonchev–Trinajstić information content (AvgIpc) is 2.39. The lowest BCUT2D eigenvalue weighted by molar-refractivity contribution is -0.140. The van der Waals surface area contributed by atoms with E-state index >= 15 is 0 Å². The van der Waals surface area contributed by atoms with Crippen molar-refractivity contribution in [3.05, 3.63) is 45.1 Å². The van der Waals surface area contributed by atoms with Crippen molar-refractivity contribution in [3.8, 4) is 0 Å². The predicted molar refractivity (Wildman–Crippen MR) is 83.8 cm³/mol. The summed E-state index contributed by atoms with van der Waals surface area (Å²) in [5.74, 6) is -4.43. The standard InChI is InChI=1S/C15H13Cl2NO4/c1-6-10(14(19)20)12(11(15(21)22)7(2)18-6)8-4-3-5-9(16)13(8)17/h3-5,10,12H,1-2H3,(H,19,20)(H,21,22). The molecule has 0 fully saturated rings. The lowest BCUT2D eigenvalue weighted by atomic mass is 9.75. The summed E-state index contributed by atoms with van der Waals surface area (Å²) in [6.45, 7) is 3.10. The van der Waals surface area contributed by atoms with Crippen molar-refractivity contribution in [1.29, 1.82) is 0 Å². The molecule has 2 N–H and O–H groups in total. The zero-order valence-corrected chi connectivity index (χ0v) is 13.3. The third-order valence-electron chi connectivity index (χ3n) is 3.64. The average molecular weight is 342 g/mol. The third kappa shape index (κ3) is 2.74. The van der Waals surface area contributed by atoms with Crippen LogP contribution in [0.1, 0.15) is 25.3 Å². The molecule has 0 bridgehead atoms. The molecular formula is C15H13Cl2NO4. The second-order valence-electron chi connectivity index (χ2n) is 4.99. The molecule has 0 amide bonds. The number of allylic oxidation sites excluding steroid dienone is 1. The van der Waals surface area contributed by atoms with Gasteiger partial charge in [0.15, 0.2) is 0 Å². The van der Waals surface area contributed by atoms with Crippen LogP contribution in [0.4, 0.5) is 0 Å². The summed E-state index contributed by atoms with van der Waals surface area (Å²) in [5, 5.41) is 19.4. The van der Waals surface area contributed by atoms with Crippen molar-refractivity contribution in [3.63, 3.8) is 0 Å². The van der Waals surface area contributed by atoms with Gasteiger partial charge in [0.05, 0.1) is 15.6 Å². The molecule has 2 atom stereocenters. The van der Waals surface area contributed by atoms with E-state index in [4.69, 9.17) is 23.2 Å². The Balaban J connectivity index is 2.76. The van der Waals surface area contributed by atoms with Crippen LogP contribution in [-0.2, 0) is 9.59 Å². The molecule has 0 aliphatic carbocycles. The molecular weight excluding hydrogens is 329 g/mol. The van der Waals surface area contributed by atoms with Gasteiger partial charge in [-0.2, -0.15) is 0 Å². The normalized spacial score (nSPS) is 21.5. The van der Waals surface area contributed by atoms with Crippen LogP contribution < -0.4 is 0 Å². The maximum atomic E-state index is 11.6. The number of aliphatic carboxylic acids is 2. The second kappa shape index (κ2) is 6.10. The Bertz CT molecular complexity index is 724. The highest BCUT2D eigenvalue weighted by Crippen LogP contribution is 2.43. The Labute approximate surface area is 136 Å². The van der Waals surface area contributed by atoms with Crippen LogP contribution in [-0.4, -0.2) is 27.9 Å². The summed E-state index contributed by atoms with van der Waals surface area (Å²) in [5.41, 5.74) is 0.884. The van der Waals surface area contributed by atoms with Crippen LogP contribution in [0.15, 0.2) is 34.5 Å². The first-order valence-corrected chi connectivity index (χ1v) is 7.17. The minimum absolute atomic E-state index is 0.0813. The molecule has 1 aliphatic rings. The van der Waals surface area contributed by atoms with Crippen LogP contribution in [0, 0.1) is 5.92 Å². The van der Waals surface area contributed by atoms with Gasteiger partial charge in [-0.25, -0.2) is 4.79 Å². The van der Waals surface area contributed by atoms with E-state index in [2.05, 4.69) is 4.99 Å². The van der Waals surface area contributed by atoms with Gasteiger partial charge in [0, 0.05) is 17.3 Å². The predicted octanol–water partition coefficient (Wildman–Crippen LogP) is 3.61. The van der Waals surface area contributed by atoms with Crippen LogP contribution in [0.25, 0.3) is 0 Å². The fraction of sp³-hybridized carbons (Fsp3) is 0.267. The van der Waals surface area contributed by atoms with E-state index in [1.165, 1.54) is 6.92 Å². The maximum absolute atomic E-state index is 11.6. The maximum Gasteiger partial charge on any atom is 0.334 e. The zero-order valence-electron chi connectivity index (χ0n) is 11.8. The summed E-state index contributed by atoms with van der Waals surface area (Å²) >= 11 is 12.2. The van der Waals surface area contributed by atoms with Gasteiger partial charge < -0.3 is 10.2 Å². The molecule has 1 heterocycles. The van der Waals surface area contributed by atoms with Crippen molar-refractivity contribution >= 4 is 40.9 Å². The Hall–Kier alpha value is -1.85. The molecule has 0 saturated carbocycles. The molecule has 22 heavy (non-hydrogen) atoms. The molecule has 0 spiro atoms. The number of nitrogens with zero attached hydrogens (tertiary/aromatic N) is 1. The van der Waals surface area contributed by atoms with E-state index in [0.29, 0.717) is 11.3 Å². The van der Waals surface area contributed by atoms with Crippen molar-refractivity contribution in [2.24, 2.45) is 10.9 Å². The van der Waals surface area contributed by atoms with Crippen molar-refractivity contribution in [2.45, 2.75) is 19.8 Å². The number of carboxylic acid groups (broad SMARTS) is 2. The van der Waals surface area contributed by atoms with Crippen LogP contribution in [0.3, 0.4) is 0 Å². The Morgan fingerprint density at radius 3 is 2.36 bits per heavy atom. The summed E-state index contributed by atoms with van der Waals surface area (Å²) in [6.07, 6.45) is 0. The van der Waals surface area contributed by atoms with Crippen molar-refractivity contribution in [1.82, 2.24) is 0 Å². The minimum Gasteiger partial charge on any atom is -0.481 e. The van der Waals surface area contributed by atoms with Gasteiger partial charge in [-0.05, 0) is 25.5 Å². The Morgan fingerprint density at radius 1 is 1.18 bits per heavy atom. The second-order valence-corrected chi connectivity index (χ2v) is 5.78. The molecule has 2 unspecified atom stereocenters. The van der Waals surface area contributed by atoms with Crippen LogP contribution >= 0.6 is 23.2 Å². The van der Waals surface area contributed by atoms with Gasteiger partial charge in [0.1, 0.15) is 5.92 Å². The fourth-order valence-corrected chi connectivity index (χ4v) is 3.16. The van der Waals surface area contributed by atoms with E-state index in [1.54, 1.807) is 25.1 Å². The Kier molecular flexibility index (Phi) is 4.58. The zero-order chi connectivity index (χ0) is 16.6. The number of aliphatic imine (C=N–C) groups is 1. The van der Waals surface area contributed by atoms with Crippen LogP contribution in [0.5, 0.6) is 0 Å². The molecule has 1 aromatic carbocycles. The first-order valence-electron chi connectivity index (χ1n) is 6.41. The van der Waals surface area contributed by atoms with Gasteiger partial charge in [0.2, 0.25) is 0 Å². The molecule has 0 aromatic heterocycles. The largest absolute Gasteiger partial charge is 0.481 e. The number of rotatable bonds is 3. The highest BCUT2D eigenvalue weighted by Gasteiger charge is 2.42. The van der Waals surface area contributed by atoms with E-state index in [-0.39, 0.29) is 21.3 Å². The Morgan fingerprint density at radius 2 is 1.82 bits per heavy atom. The fourth-order valence-electron chi connectivity index (χ4n) is 2.73. The minimum atomic E-state index is -1.22. The lowest BCUT2D eigenvalue weighted by Gasteiger charge is -2.30. The van der Waals surface area contributed by atoms with Gasteiger partial charge >= 0.3 is 11.9 Å². The molecule has 0 saturated heterocycles. The SMILES string of the molecule is CC1=NC(C)=C(C(=O)O)C(c2cccc(Cl)c2Cl)C1C(=O)O.